The summed E-state index contributed by atoms with van der Waals surface area (Å²) in [6.07, 6.45) is 2.45. The molecule has 0 amide bonds. The van der Waals surface area contributed by atoms with E-state index in [2.05, 4.69) is 4.72 Å². The minimum Gasteiger partial charge on any atom is -0.478 e. The summed E-state index contributed by atoms with van der Waals surface area (Å²) in [6, 6.07) is 4.97. The molecule has 0 atom stereocenters. The Morgan fingerprint density at radius 2 is 2.11 bits per heavy atom. The molecule has 1 aromatic rings. The molecule has 0 unspecified atom stereocenters. The van der Waals surface area contributed by atoms with Crippen LogP contribution in [0.4, 0.5) is 5.69 Å². The van der Waals surface area contributed by atoms with E-state index >= 15 is 0 Å². The van der Waals surface area contributed by atoms with Crippen molar-refractivity contribution >= 4 is 27.8 Å². The molecule has 0 aliphatic heterocycles. The van der Waals surface area contributed by atoms with Gasteiger partial charge in [0.05, 0.1) is 5.75 Å². The maximum atomic E-state index is 11.4. The van der Waals surface area contributed by atoms with Gasteiger partial charge in [0.1, 0.15) is 0 Å². The molecule has 0 spiro atoms. The number of sulfonamides is 1. The zero-order chi connectivity index (χ0) is 13.8. The smallest absolute Gasteiger partial charge is 0.328 e. The Bertz CT molecular complexity index is 576. The molecule has 1 rings (SSSR count). The summed E-state index contributed by atoms with van der Waals surface area (Å²) in [7, 11) is -3.32. The molecule has 1 aromatic carbocycles. The first kappa shape index (κ1) is 14.2. The zero-order valence-electron chi connectivity index (χ0n) is 10.2. The fourth-order valence-electron chi connectivity index (χ4n) is 1.30. The molecule has 5 nitrogen and oxygen atoms in total. The van der Waals surface area contributed by atoms with E-state index in [1.165, 1.54) is 6.08 Å². The summed E-state index contributed by atoms with van der Waals surface area (Å²) in [5.41, 5.74) is 1.95. The van der Waals surface area contributed by atoms with Crippen LogP contribution in [0, 0.1) is 6.92 Å². The molecule has 0 saturated carbocycles. The highest BCUT2D eigenvalue weighted by atomic mass is 32.2. The summed E-state index contributed by atoms with van der Waals surface area (Å²) < 4.78 is 25.2. The SMILES string of the molecule is CCS(=O)(=O)Nc1ccc(C)c(C=CC(=O)O)c1. The number of carboxylic acid groups (broad SMARTS) is 1. The number of nitrogens with one attached hydrogen (secondary N) is 1. The third-order valence-electron chi connectivity index (χ3n) is 2.34. The summed E-state index contributed by atoms with van der Waals surface area (Å²) in [5.74, 6) is -1.06. The fraction of sp³-hybridized carbons (Fsp3) is 0.250. The Morgan fingerprint density at radius 3 is 2.67 bits per heavy atom. The summed E-state index contributed by atoms with van der Waals surface area (Å²) in [4.78, 5) is 10.4. The van der Waals surface area contributed by atoms with E-state index in [9.17, 15) is 13.2 Å². The number of hydrogen-bond donors (Lipinski definition) is 2. The topological polar surface area (TPSA) is 83.5 Å². The molecule has 0 saturated heterocycles. The maximum Gasteiger partial charge on any atom is 0.328 e. The molecule has 0 heterocycles. The molecule has 6 heteroatoms. The van der Waals surface area contributed by atoms with Crippen molar-refractivity contribution in [1.29, 1.82) is 0 Å². The van der Waals surface area contributed by atoms with Gasteiger partial charge in [0.15, 0.2) is 0 Å². The lowest BCUT2D eigenvalue weighted by Gasteiger charge is -2.08. The number of aliphatic carboxylic acids is 1. The quantitative estimate of drug-likeness (QED) is 0.799. The van der Waals surface area contributed by atoms with Crippen LogP contribution in [0.3, 0.4) is 0 Å². The molecule has 0 aliphatic carbocycles. The van der Waals surface area contributed by atoms with Crippen LogP contribution >= 0.6 is 0 Å². The van der Waals surface area contributed by atoms with Crippen molar-refractivity contribution in [3.8, 4) is 0 Å². The van der Waals surface area contributed by atoms with E-state index in [1.54, 1.807) is 25.1 Å². The van der Waals surface area contributed by atoms with Crippen LogP contribution in [0.1, 0.15) is 18.1 Å². The van der Waals surface area contributed by atoms with Crippen LogP contribution in [0.25, 0.3) is 6.08 Å². The van der Waals surface area contributed by atoms with Crippen LogP contribution in [0.5, 0.6) is 0 Å². The van der Waals surface area contributed by atoms with Gasteiger partial charge in [-0.1, -0.05) is 6.07 Å². The van der Waals surface area contributed by atoms with E-state index in [4.69, 9.17) is 5.11 Å². The standard InChI is InChI=1S/C12H15NO4S/c1-3-18(16,17)13-11-6-4-9(2)10(8-11)5-7-12(14)15/h4-8,13H,3H2,1-2H3,(H,14,15). The second-order valence-corrected chi connectivity index (χ2v) is 5.76. The fourth-order valence-corrected chi connectivity index (χ4v) is 1.93. The predicted octanol–water partition coefficient (Wildman–Crippen LogP) is 1.85. The number of anilines is 1. The Morgan fingerprint density at radius 1 is 1.44 bits per heavy atom. The molecular formula is C12H15NO4S. The zero-order valence-corrected chi connectivity index (χ0v) is 11.0. The van der Waals surface area contributed by atoms with Gasteiger partial charge in [0, 0.05) is 11.8 Å². The third-order valence-corrected chi connectivity index (χ3v) is 3.64. The average Bonchev–Trinajstić information content (AvgIpc) is 2.29. The van der Waals surface area contributed by atoms with Gasteiger partial charge in [0.2, 0.25) is 10.0 Å². The highest BCUT2D eigenvalue weighted by Gasteiger charge is 2.07. The van der Waals surface area contributed by atoms with E-state index in [-0.39, 0.29) is 5.75 Å². The average molecular weight is 269 g/mol. The lowest BCUT2D eigenvalue weighted by Crippen LogP contribution is -2.14. The first-order chi connectivity index (χ1) is 8.34. The largest absolute Gasteiger partial charge is 0.478 e. The minimum absolute atomic E-state index is 0.0127. The number of benzene rings is 1. The summed E-state index contributed by atoms with van der Waals surface area (Å²) in [6.45, 7) is 3.36. The highest BCUT2D eigenvalue weighted by Crippen LogP contribution is 2.17. The number of rotatable bonds is 5. The maximum absolute atomic E-state index is 11.4. The van der Waals surface area contributed by atoms with Crippen molar-refractivity contribution in [2.24, 2.45) is 0 Å². The third kappa shape index (κ3) is 4.21. The number of carboxylic acids is 1. The Hall–Kier alpha value is -1.82. The number of aryl methyl sites for hydroxylation is 1. The van der Waals surface area contributed by atoms with Gasteiger partial charge in [0.25, 0.3) is 0 Å². The minimum atomic E-state index is -3.32. The molecule has 98 valence electrons. The second-order valence-electron chi connectivity index (χ2n) is 3.75. The van der Waals surface area contributed by atoms with Crippen molar-refractivity contribution in [3.05, 3.63) is 35.4 Å². The van der Waals surface area contributed by atoms with Crippen LogP contribution in [-0.2, 0) is 14.8 Å². The van der Waals surface area contributed by atoms with Crippen LogP contribution in [0.15, 0.2) is 24.3 Å². The summed E-state index contributed by atoms with van der Waals surface area (Å²) >= 11 is 0. The molecule has 2 N–H and O–H groups in total. The molecule has 0 aromatic heterocycles. The van der Waals surface area contributed by atoms with Gasteiger partial charge >= 0.3 is 5.97 Å². The monoisotopic (exact) mass is 269 g/mol. The molecule has 0 radical (unpaired) electrons. The van der Waals surface area contributed by atoms with E-state index < -0.39 is 16.0 Å². The Balaban J connectivity index is 3.05. The van der Waals surface area contributed by atoms with Crippen LogP contribution < -0.4 is 4.72 Å². The van der Waals surface area contributed by atoms with Gasteiger partial charge in [-0.2, -0.15) is 0 Å². The van der Waals surface area contributed by atoms with E-state index in [1.807, 2.05) is 6.92 Å². The number of carbonyl (C=O) groups is 1. The van der Waals surface area contributed by atoms with E-state index in [0.717, 1.165) is 11.6 Å². The van der Waals surface area contributed by atoms with Gasteiger partial charge < -0.3 is 5.11 Å². The van der Waals surface area contributed by atoms with Crippen molar-refractivity contribution in [2.45, 2.75) is 13.8 Å². The van der Waals surface area contributed by atoms with Crippen molar-refractivity contribution in [3.63, 3.8) is 0 Å². The van der Waals surface area contributed by atoms with Crippen LogP contribution in [0.2, 0.25) is 0 Å². The molecular weight excluding hydrogens is 254 g/mol. The molecule has 0 bridgehead atoms. The second kappa shape index (κ2) is 5.68. The lowest BCUT2D eigenvalue weighted by molar-refractivity contribution is -0.131. The van der Waals surface area contributed by atoms with Gasteiger partial charge in [-0.05, 0) is 43.2 Å². The Labute approximate surface area is 106 Å². The number of hydrogen-bond acceptors (Lipinski definition) is 3. The predicted molar refractivity (Wildman–Crippen MR) is 70.9 cm³/mol. The normalized spacial score (nSPS) is 11.7. The molecule has 18 heavy (non-hydrogen) atoms. The first-order valence-corrected chi connectivity index (χ1v) is 7.01. The van der Waals surface area contributed by atoms with Gasteiger partial charge in [-0.15, -0.1) is 0 Å². The molecule has 0 fully saturated rings. The van der Waals surface area contributed by atoms with Crippen molar-refractivity contribution in [1.82, 2.24) is 0 Å². The van der Waals surface area contributed by atoms with Crippen molar-refractivity contribution < 1.29 is 18.3 Å². The lowest BCUT2D eigenvalue weighted by atomic mass is 10.1. The van der Waals surface area contributed by atoms with E-state index in [0.29, 0.717) is 11.3 Å². The Kier molecular flexibility index (Phi) is 4.49. The van der Waals surface area contributed by atoms with Crippen molar-refractivity contribution in [2.75, 3.05) is 10.5 Å². The summed E-state index contributed by atoms with van der Waals surface area (Å²) in [5, 5.41) is 8.56. The van der Waals surface area contributed by atoms with Gasteiger partial charge in [-0.3, -0.25) is 4.72 Å². The van der Waals surface area contributed by atoms with Gasteiger partial charge in [-0.25, -0.2) is 13.2 Å². The molecule has 0 aliphatic rings. The first-order valence-electron chi connectivity index (χ1n) is 5.36. The highest BCUT2D eigenvalue weighted by molar-refractivity contribution is 7.92. The van der Waals surface area contributed by atoms with Crippen LogP contribution in [-0.4, -0.2) is 25.2 Å².